The first-order valence-electron chi connectivity index (χ1n) is 8.22. The third-order valence-electron chi connectivity index (χ3n) is 4.58. The molecule has 0 bridgehead atoms. The van der Waals surface area contributed by atoms with Gasteiger partial charge in [-0.15, -0.1) is 0 Å². The van der Waals surface area contributed by atoms with Crippen molar-refractivity contribution in [3.05, 3.63) is 23.8 Å². The summed E-state index contributed by atoms with van der Waals surface area (Å²) in [5.41, 5.74) is 1.75. The average Bonchev–Trinajstić information content (AvgIpc) is 2.38. The number of hydrogen-bond donors (Lipinski definition) is 1. The van der Waals surface area contributed by atoms with Gasteiger partial charge in [0.15, 0.2) is 0 Å². The maximum Gasteiger partial charge on any atom is 0.317 e. The highest BCUT2D eigenvalue weighted by Crippen LogP contribution is 2.41. The minimum Gasteiger partial charge on any atom is -0.332 e. The summed E-state index contributed by atoms with van der Waals surface area (Å²) in [7, 11) is 0. The zero-order chi connectivity index (χ0) is 16.0. The molecule has 0 fully saturated rings. The van der Waals surface area contributed by atoms with Crippen molar-refractivity contribution in [2.45, 2.75) is 60.4 Å². The summed E-state index contributed by atoms with van der Waals surface area (Å²) in [6.07, 6.45) is 9.16. The molecule has 2 unspecified atom stereocenters. The van der Waals surface area contributed by atoms with Gasteiger partial charge in [0, 0.05) is 25.0 Å². The van der Waals surface area contributed by atoms with Crippen LogP contribution in [0.4, 0.5) is 4.79 Å². The van der Waals surface area contributed by atoms with E-state index in [-0.39, 0.29) is 12.1 Å². The summed E-state index contributed by atoms with van der Waals surface area (Å²) in [4.78, 5) is 13.8. The lowest BCUT2D eigenvalue weighted by Gasteiger charge is -2.37. The highest BCUT2D eigenvalue weighted by Gasteiger charge is 2.30. The van der Waals surface area contributed by atoms with Crippen LogP contribution in [0.5, 0.6) is 0 Å². The predicted octanol–water partition coefficient (Wildman–Crippen LogP) is 4.37. The number of nitrogens with one attached hydrogen (secondary N) is 1. The van der Waals surface area contributed by atoms with E-state index in [1.54, 1.807) is 4.90 Å². The van der Waals surface area contributed by atoms with Crippen molar-refractivity contribution in [3.63, 3.8) is 0 Å². The molecule has 0 aromatic heterocycles. The van der Waals surface area contributed by atoms with Gasteiger partial charge in [0.2, 0.25) is 0 Å². The van der Waals surface area contributed by atoms with Crippen LogP contribution in [0.15, 0.2) is 23.8 Å². The molecule has 1 rings (SSSR count). The molecule has 21 heavy (non-hydrogen) atoms. The first-order chi connectivity index (χ1) is 9.81. The fraction of sp³-hybridized carbons (Fsp3) is 0.722. The molecular weight excluding hydrogens is 260 g/mol. The van der Waals surface area contributed by atoms with Gasteiger partial charge in [0.25, 0.3) is 0 Å². The van der Waals surface area contributed by atoms with Gasteiger partial charge in [-0.25, -0.2) is 4.79 Å². The Balaban J connectivity index is 2.65. The SMILES string of the molecule is CCN(CC)C(=O)NC(C)/C=C/C1C(C)=CCCC1(C)C. The maximum absolute atomic E-state index is 12.0. The Morgan fingerprint density at radius 1 is 1.48 bits per heavy atom. The van der Waals surface area contributed by atoms with E-state index in [0.29, 0.717) is 11.3 Å². The second kappa shape index (κ2) is 7.67. The minimum atomic E-state index is 0.0207. The van der Waals surface area contributed by atoms with Gasteiger partial charge >= 0.3 is 6.03 Å². The van der Waals surface area contributed by atoms with E-state index in [9.17, 15) is 4.79 Å². The Hall–Kier alpha value is -1.25. The summed E-state index contributed by atoms with van der Waals surface area (Å²) in [6.45, 7) is 14.4. The number of rotatable bonds is 5. The zero-order valence-corrected chi connectivity index (χ0v) is 14.6. The quantitative estimate of drug-likeness (QED) is 0.750. The van der Waals surface area contributed by atoms with Gasteiger partial charge in [0.05, 0.1) is 0 Å². The van der Waals surface area contributed by atoms with Crippen LogP contribution < -0.4 is 5.32 Å². The fourth-order valence-electron chi connectivity index (χ4n) is 3.11. The van der Waals surface area contributed by atoms with Crippen LogP contribution in [-0.2, 0) is 0 Å². The Morgan fingerprint density at radius 2 is 2.10 bits per heavy atom. The van der Waals surface area contributed by atoms with Crippen molar-refractivity contribution >= 4 is 6.03 Å². The molecule has 1 aliphatic rings. The molecule has 2 amide bonds. The highest BCUT2D eigenvalue weighted by molar-refractivity contribution is 5.74. The van der Waals surface area contributed by atoms with E-state index in [2.05, 4.69) is 44.3 Å². The topological polar surface area (TPSA) is 32.3 Å². The number of allylic oxidation sites excluding steroid dienone is 3. The predicted molar refractivity (Wildman–Crippen MR) is 90.3 cm³/mol. The largest absolute Gasteiger partial charge is 0.332 e. The lowest BCUT2D eigenvalue weighted by atomic mass is 9.68. The molecule has 2 atom stereocenters. The molecule has 0 saturated heterocycles. The van der Waals surface area contributed by atoms with E-state index >= 15 is 0 Å². The van der Waals surface area contributed by atoms with Crippen molar-refractivity contribution in [1.82, 2.24) is 10.2 Å². The molecule has 3 heteroatoms. The van der Waals surface area contributed by atoms with Gasteiger partial charge < -0.3 is 10.2 Å². The van der Waals surface area contributed by atoms with E-state index in [1.807, 2.05) is 20.8 Å². The van der Waals surface area contributed by atoms with E-state index in [4.69, 9.17) is 0 Å². The molecule has 1 N–H and O–H groups in total. The summed E-state index contributed by atoms with van der Waals surface area (Å²) in [6, 6.07) is 0.0796. The molecule has 1 aliphatic carbocycles. The molecule has 0 aromatic carbocycles. The van der Waals surface area contributed by atoms with E-state index in [1.165, 1.54) is 18.4 Å². The van der Waals surface area contributed by atoms with Crippen LogP contribution in [0.2, 0.25) is 0 Å². The number of urea groups is 1. The second-order valence-electron chi connectivity index (χ2n) is 6.75. The van der Waals surface area contributed by atoms with Crippen LogP contribution in [0.25, 0.3) is 0 Å². The van der Waals surface area contributed by atoms with Gasteiger partial charge in [0.1, 0.15) is 0 Å². The maximum atomic E-state index is 12.0. The number of hydrogen-bond acceptors (Lipinski definition) is 1. The van der Waals surface area contributed by atoms with E-state index < -0.39 is 0 Å². The number of amides is 2. The van der Waals surface area contributed by atoms with Crippen LogP contribution in [0, 0.1) is 11.3 Å². The Kier molecular flexibility index (Phi) is 6.50. The lowest BCUT2D eigenvalue weighted by Crippen LogP contribution is -2.43. The zero-order valence-electron chi connectivity index (χ0n) is 14.6. The molecule has 0 aromatic rings. The Labute approximate surface area is 130 Å². The average molecular weight is 292 g/mol. The molecule has 0 saturated carbocycles. The van der Waals surface area contributed by atoms with Gasteiger partial charge in [-0.1, -0.05) is 37.6 Å². The lowest BCUT2D eigenvalue weighted by molar-refractivity contribution is 0.201. The fourth-order valence-corrected chi connectivity index (χ4v) is 3.11. The highest BCUT2D eigenvalue weighted by atomic mass is 16.2. The standard InChI is InChI=1S/C18H32N2O/c1-7-20(8-2)17(21)19-15(4)11-12-16-14(3)10-9-13-18(16,5)6/h10-12,15-16H,7-9,13H2,1-6H3,(H,19,21)/b12-11+. The molecular formula is C18H32N2O. The molecule has 0 aliphatic heterocycles. The van der Waals surface area contributed by atoms with Crippen LogP contribution in [-0.4, -0.2) is 30.1 Å². The molecule has 3 nitrogen and oxygen atoms in total. The van der Waals surface area contributed by atoms with Crippen LogP contribution in [0.3, 0.4) is 0 Å². The van der Waals surface area contributed by atoms with Crippen LogP contribution >= 0.6 is 0 Å². The molecule has 120 valence electrons. The van der Waals surface area contributed by atoms with Crippen molar-refractivity contribution in [1.29, 1.82) is 0 Å². The number of carbonyl (C=O) groups excluding carboxylic acids is 1. The molecule has 0 spiro atoms. The first-order valence-corrected chi connectivity index (χ1v) is 8.22. The van der Waals surface area contributed by atoms with Crippen molar-refractivity contribution in [3.8, 4) is 0 Å². The van der Waals surface area contributed by atoms with Crippen molar-refractivity contribution < 1.29 is 4.79 Å². The van der Waals surface area contributed by atoms with Crippen LogP contribution in [0.1, 0.15) is 54.4 Å². The third kappa shape index (κ3) is 4.90. The van der Waals surface area contributed by atoms with Crippen molar-refractivity contribution in [2.75, 3.05) is 13.1 Å². The molecule has 0 radical (unpaired) electrons. The third-order valence-corrected chi connectivity index (χ3v) is 4.58. The summed E-state index contributed by atoms with van der Waals surface area (Å²) < 4.78 is 0. The smallest absolute Gasteiger partial charge is 0.317 e. The van der Waals surface area contributed by atoms with Gasteiger partial charge in [-0.3, -0.25) is 0 Å². The van der Waals surface area contributed by atoms with Gasteiger partial charge in [-0.2, -0.15) is 0 Å². The van der Waals surface area contributed by atoms with Crippen molar-refractivity contribution in [2.24, 2.45) is 11.3 Å². The Bertz CT molecular complexity index is 405. The first kappa shape index (κ1) is 17.8. The second-order valence-corrected chi connectivity index (χ2v) is 6.75. The normalized spacial score (nSPS) is 22.8. The summed E-state index contributed by atoms with van der Waals surface area (Å²) in [5.74, 6) is 0.471. The van der Waals surface area contributed by atoms with E-state index in [0.717, 1.165) is 13.1 Å². The number of carbonyl (C=O) groups is 1. The molecule has 0 heterocycles. The minimum absolute atomic E-state index is 0.0207. The number of nitrogens with zero attached hydrogens (tertiary/aromatic N) is 1. The van der Waals surface area contributed by atoms with Gasteiger partial charge in [-0.05, 0) is 46.0 Å². The Morgan fingerprint density at radius 3 is 2.62 bits per heavy atom. The monoisotopic (exact) mass is 292 g/mol. The summed E-state index contributed by atoms with van der Waals surface area (Å²) in [5, 5.41) is 3.04. The summed E-state index contributed by atoms with van der Waals surface area (Å²) >= 11 is 0.